The van der Waals surface area contributed by atoms with E-state index in [0.29, 0.717) is 18.2 Å². The molecule has 0 bridgehead atoms. The van der Waals surface area contributed by atoms with Crippen LogP contribution in [0, 0.1) is 0 Å². The topological polar surface area (TPSA) is 41.5 Å². The molecule has 1 heterocycles. The Kier molecular flexibility index (Phi) is 3.62. The van der Waals surface area contributed by atoms with Crippen LogP contribution in [0.2, 0.25) is 0 Å². The summed E-state index contributed by atoms with van der Waals surface area (Å²) in [5.74, 6) is 0.932. The number of carbonyl (C=O) groups is 1. The van der Waals surface area contributed by atoms with E-state index in [-0.39, 0.29) is 5.91 Å². The summed E-state index contributed by atoms with van der Waals surface area (Å²) >= 11 is 1.48. The van der Waals surface area contributed by atoms with Crippen LogP contribution in [0.3, 0.4) is 0 Å². The number of nitrogens with one attached hydrogen (secondary N) is 1. The van der Waals surface area contributed by atoms with Gasteiger partial charge in [-0.3, -0.25) is 9.79 Å². The Morgan fingerprint density at radius 1 is 1.44 bits per heavy atom. The molecule has 1 amide bonds. The second-order valence-electron chi connectivity index (χ2n) is 3.79. The first-order valence-corrected chi connectivity index (χ1v) is 6.26. The molecule has 0 spiro atoms. The predicted octanol–water partition coefficient (Wildman–Crippen LogP) is 2.01. The van der Waals surface area contributed by atoms with Gasteiger partial charge in [0.05, 0.1) is 5.75 Å². The summed E-state index contributed by atoms with van der Waals surface area (Å²) in [6.07, 6.45) is 0. The number of nitrogens with zero attached hydrogens (tertiary/aromatic N) is 1. The zero-order valence-corrected chi connectivity index (χ0v) is 9.96. The molecule has 0 aliphatic carbocycles. The van der Waals surface area contributed by atoms with Crippen LogP contribution in [0.15, 0.2) is 35.3 Å². The lowest BCUT2D eigenvalue weighted by Crippen LogP contribution is -2.20. The fourth-order valence-corrected chi connectivity index (χ4v) is 2.21. The summed E-state index contributed by atoms with van der Waals surface area (Å²) in [5.41, 5.74) is 1.28. The lowest BCUT2D eigenvalue weighted by Gasteiger charge is -2.08. The van der Waals surface area contributed by atoms with Gasteiger partial charge in [0.25, 0.3) is 0 Å². The standard InChI is InChI=1S/C12H14N2OS/c1-9(10-5-3-2-4-6-10)7-13-12-14-11(15)8-16-12/h2-6,9H,7-8H2,1H3,(H,13,14,15)/t9-/m1/s1. The summed E-state index contributed by atoms with van der Waals surface area (Å²) in [6, 6.07) is 10.3. The minimum absolute atomic E-state index is 0.0520. The molecule has 0 unspecified atom stereocenters. The summed E-state index contributed by atoms with van der Waals surface area (Å²) in [6.45, 7) is 2.85. The van der Waals surface area contributed by atoms with Crippen molar-refractivity contribution in [2.75, 3.05) is 12.3 Å². The van der Waals surface area contributed by atoms with Gasteiger partial charge < -0.3 is 5.32 Å². The molecular formula is C12H14N2OS. The number of benzene rings is 1. The molecule has 84 valence electrons. The molecule has 2 rings (SSSR count). The molecule has 1 saturated heterocycles. The molecule has 1 N–H and O–H groups in total. The number of rotatable bonds is 3. The second-order valence-corrected chi connectivity index (χ2v) is 4.76. The van der Waals surface area contributed by atoms with E-state index in [9.17, 15) is 4.79 Å². The fourth-order valence-electron chi connectivity index (χ4n) is 1.52. The first-order chi connectivity index (χ1) is 7.75. The van der Waals surface area contributed by atoms with Crippen molar-refractivity contribution in [3.8, 4) is 0 Å². The van der Waals surface area contributed by atoms with Gasteiger partial charge in [0.1, 0.15) is 0 Å². The summed E-state index contributed by atoms with van der Waals surface area (Å²) in [4.78, 5) is 15.4. The average Bonchev–Trinajstić information content (AvgIpc) is 2.73. The van der Waals surface area contributed by atoms with E-state index in [1.54, 1.807) is 0 Å². The minimum atomic E-state index is 0.0520. The van der Waals surface area contributed by atoms with E-state index in [0.717, 1.165) is 5.17 Å². The highest BCUT2D eigenvalue weighted by Gasteiger charge is 2.16. The Balaban J connectivity index is 1.93. The van der Waals surface area contributed by atoms with Gasteiger partial charge in [-0.1, -0.05) is 49.0 Å². The number of aliphatic imine (C=N–C) groups is 1. The molecule has 3 nitrogen and oxygen atoms in total. The van der Waals surface area contributed by atoms with Crippen molar-refractivity contribution in [1.82, 2.24) is 5.32 Å². The summed E-state index contributed by atoms with van der Waals surface area (Å²) in [5, 5.41) is 3.49. The van der Waals surface area contributed by atoms with Crippen LogP contribution in [0.4, 0.5) is 0 Å². The van der Waals surface area contributed by atoms with Crippen molar-refractivity contribution >= 4 is 22.8 Å². The van der Waals surface area contributed by atoms with Crippen LogP contribution in [0.5, 0.6) is 0 Å². The highest BCUT2D eigenvalue weighted by molar-refractivity contribution is 8.15. The Hall–Kier alpha value is -1.29. The molecule has 16 heavy (non-hydrogen) atoms. The Labute approximate surface area is 99.3 Å². The molecule has 4 heteroatoms. The van der Waals surface area contributed by atoms with Crippen molar-refractivity contribution in [1.29, 1.82) is 0 Å². The monoisotopic (exact) mass is 234 g/mol. The first-order valence-electron chi connectivity index (χ1n) is 5.28. The fraction of sp³-hybridized carbons (Fsp3) is 0.333. The maximum atomic E-state index is 11.0. The maximum Gasteiger partial charge on any atom is 0.236 e. The van der Waals surface area contributed by atoms with Crippen molar-refractivity contribution < 1.29 is 4.79 Å². The van der Waals surface area contributed by atoms with E-state index in [2.05, 4.69) is 29.4 Å². The van der Waals surface area contributed by atoms with Gasteiger partial charge in [-0.2, -0.15) is 0 Å². The maximum absolute atomic E-state index is 11.0. The highest BCUT2D eigenvalue weighted by Crippen LogP contribution is 2.16. The van der Waals surface area contributed by atoms with Gasteiger partial charge in [0, 0.05) is 12.5 Å². The van der Waals surface area contributed by atoms with Gasteiger partial charge in [-0.15, -0.1) is 0 Å². The normalized spacial score (nSPS) is 19.8. The van der Waals surface area contributed by atoms with E-state index >= 15 is 0 Å². The first kappa shape index (κ1) is 11.2. The zero-order chi connectivity index (χ0) is 11.4. The molecule has 0 radical (unpaired) electrons. The minimum Gasteiger partial charge on any atom is -0.305 e. The third kappa shape index (κ3) is 2.85. The Morgan fingerprint density at radius 2 is 2.19 bits per heavy atom. The van der Waals surface area contributed by atoms with Crippen LogP contribution in [-0.2, 0) is 4.79 Å². The van der Waals surface area contributed by atoms with Crippen LogP contribution in [-0.4, -0.2) is 23.4 Å². The average molecular weight is 234 g/mol. The molecule has 1 fully saturated rings. The SMILES string of the molecule is C[C@H](CN=C1NC(=O)CS1)c1ccccc1. The third-order valence-electron chi connectivity index (χ3n) is 2.46. The van der Waals surface area contributed by atoms with E-state index in [4.69, 9.17) is 0 Å². The molecule has 1 aliphatic heterocycles. The van der Waals surface area contributed by atoms with Crippen molar-refractivity contribution in [2.24, 2.45) is 4.99 Å². The van der Waals surface area contributed by atoms with Gasteiger partial charge in [-0.05, 0) is 5.56 Å². The molecule has 1 aromatic rings. The number of carbonyl (C=O) groups excluding carboxylic acids is 1. The van der Waals surface area contributed by atoms with Gasteiger partial charge >= 0.3 is 0 Å². The van der Waals surface area contributed by atoms with E-state index < -0.39 is 0 Å². The molecule has 1 aromatic carbocycles. The molecule has 0 saturated carbocycles. The van der Waals surface area contributed by atoms with Crippen LogP contribution in [0.1, 0.15) is 18.4 Å². The number of hydrogen-bond donors (Lipinski definition) is 1. The van der Waals surface area contributed by atoms with Crippen molar-refractivity contribution in [3.05, 3.63) is 35.9 Å². The van der Waals surface area contributed by atoms with Gasteiger partial charge in [-0.25, -0.2) is 0 Å². The predicted molar refractivity (Wildman–Crippen MR) is 67.8 cm³/mol. The van der Waals surface area contributed by atoms with Gasteiger partial charge in [0.2, 0.25) is 5.91 Å². The van der Waals surface area contributed by atoms with Crippen LogP contribution in [0.25, 0.3) is 0 Å². The number of hydrogen-bond acceptors (Lipinski definition) is 3. The Morgan fingerprint density at radius 3 is 2.81 bits per heavy atom. The molecular weight excluding hydrogens is 220 g/mol. The van der Waals surface area contributed by atoms with Crippen molar-refractivity contribution in [3.63, 3.8) is 0 Å². The van der Waals surface area contributed by atoms with Crippen LogP contribution < -0.4 is 5.32 Å². The smallest absolute Gasteiger partial charge is 0.236 e. The van der Waals surface area contributed by atoms with Crippen molar-refractivity contribution in [2.45, 2.75) is 12.8 Å². The summed E-state index contributed by atoms with van der Waals surface area (Å²) in [7, 11) is 0. The number of thioether (sulfide) groups is 1. The van der Waals surface area contributed by atoms with Crippen LogP contribution >= 0.6 is 11.8 Å². The third-order valence-corrected chi connectivity index (χ3v) is 3.37. The zero-order valence-electron chi connectivity index (χ0n) is 9.14. The summed E-state index contributed by atoms with van der Waals surface area (Å²) < 4.78 is 0. The van der Waals surface area contributed by atoms with E-state index in [1.807, 2.05) is 18.2 Å². The number of amides is 1. The lowest BCUT2D eigenvalue weighted by atomic mass is 10.0. The molecule has 1 atom stereocenters. The van der Waals surface area contributed by atoms with E-state index in [1.165, 1.54) is 17.3 Å². The highest BCUT2D eigenvalue weighted by atomic mass is 32.2. The van der Waals surface area contributed by atoms with Gasteiger partial charge in [0.15, 0.2) is 5.17 Å². The molecule has 0 aromatic heterocycles. The lowest BCUT2D eigenvalue weighted by molar-refractivity contribution is -0.116. The number of amidine groups is 1. The molecule has 1 aliphatic rings. The Bertz CT molecular complexity index is 403. The quantitative estimate of drug-likeness (QED) is 0.869. The largest absolute Gasteiger partial charge is 0.305 e. The second kappa shape index (κ2) is 5.16.